The number of hydrogen-bond donors (Lipinski definition) is 2. The van der Waals surface area contributed by atoms with Crippen LogP contribution in [0.4, 0.5) is 0 Å². The molecular formula is C13H19BrN2. The van der Waals surface area contributed by atoms with Crippen LogP contribution in [0.25, 0.3) is 0 Å². The first-order valence-corrected chi connectivity index (χ1v) is 6.83. The maximum atomic E-state index is 3.57. The lowest BCUT2D eigenvalue weighted by Crippen LogP contribution is -2.29. The zero-order valence-electron chi connectivity index (χ0n) is 9.51. The van der Waals surface area contributed by atoms with Gasteiger partial charge in [-0.15, -0.1) is 0 Å². The van der Waals surface area contributed by atoms with E-state index in [9.17, 15) is 0 Å². The summed E-state index contributed by atoms with van der Waals surface area (Å²) < 4.78 is 1.22. The molecule has 88 valence electrons. The zero-order valence-corrected chi connectivity index (χ0v) is 11.1. The van der Waals surface area contributed by atoms with E-state index in [-0.39, 0.29) is 0 Å². The maximum Gasteiger partial charge on any atom is 0.0207 e. The summed E-state index contributed by atoms with van der Waals surface area (Å²) in [5, 5.41) is 6.96. The highest BCUT2D eigenvalue weighted by Crippen LogP contribution is 2.18. The van der Waals surface area contributed by atoms with E-state index in [0.717, 1.165) is 32.1 Å². The fourth-order valence-electron chi connectivity index (χ4n) is 1.70. The van der Waals surface area contributed by atoms with Gasteiger partial charge in [0.05, 0.1) is 0 Å². The second kappa shape index (κ2) is 6.38. The van der Waals surface area contributed by atoms with Crippen LogP contribution >= 0.6 is 15.9 Å². The van der Waals surface area contributed by atoms with Crippen LogP contribution in [0, 0.1) is 0 Å². The van der Waals surface area contributed by atoms with E-state index in [4.69, 9.17) is 0 Å². The second-order valence-electron chi connectivity index (χ2n) is 4.32. The minimum Gasteiger partial charge on any atom is -0.315 e. The molecule has 0 saturated heterocycles. The normalized spacial score (nSPS) is 15.3. The summed E-state index contributed by atoms with van der Waals surface area (Å²) in [4.78, 5) is 0. The van der Waals surface area contributed by atoms with Crippen molar-refractivity contribution in [3.05, 3.63) is 34.3 Å². The Hall–Kier alpha value is -0.380. The third-order valence-electron chi connectivity index (χ3n) is 2.84. The van der Waals surface area contributed by atoms with Crippen molar-refractivity contribution in [3.8, 4) is 0 Å². The van der Waals surface area contributed by atoms with Crippen LogP contribution in [0.1, 0.15) is 18.4 Å². The molecule has 1 aromatic rings. The molecule has 1 aromatic carbocycles. The van der Waals surface area contributed by atoms with Gasteiger partial charge in [-0.2, -0.15) is 0 Å². The second-order valence-corrected chi connectivity index (χ2v) is 5.17. The predicted molar refractivity (Wildman–Crippen MR) is 71.7 cm³/mol. The highest BCUT2D eigenvalue weighted by molar-refractivity contribution is 9.10. The van der Waals surface area contributed by atoms with Crippen LogP contribution in [0.15, 0.2) is 28.7 Å². The lowest BCUT2D eigenvalue weighted by atomic mass is 10.1. The Morgan fingerprint density at radius 2 is 1.94 bits per heavy atom. The van der Waals surface area contributed by atoms with Gasteiger partial charge < -0.3 is 10.6 Å². The topological polar surface area (TPSA) is 24.1 Å². The molecule has 0 amide bonds. The Balaban J connectivity index is 1.55. The first-order chi connectivity index (χ1) is 7.86. The van der Waals surface area contributed by atoms with Crippen molar-refractivity contribution >= 4 is 15.9 Å². The highest BCUT2D eigenvalue weighted by atomic mass is 79.9. The SMILES string of the molecule is Brc1ccccc1CCNCCNC1CC1. The zero-order chi connectivity index (χ0) is 11.2. The third kappa shape index (κ3) is 4.24. The molecule has 1 aliphatic rings. The molecule has 2 nitrogen and oxygen atoms in total. The average molecular weight is 283 g/mol. The van der Waals surface area contributed by atoms with Gasteiger partial charge in [-0.1, -0.05) is 34.1 Å². The number of rotatable bonds is 7. The fraction of sp³-hybridized carbons (Fsp3) is 0.538. The molecule has 1 fully saturated rings. The van der Waals surface area contributed by atoms with E-state index in [0.29, 0.717) is 0 Å². The summed E-state index contributed by atoms with van der Waals surface area (Å²) in [6, 6.07) is 9.25. The highest BCUT2D eigenvalue weighted by Gasteiger charge is 2.19. The molecule has 0 spiro atoms. The lowest BCUT2D eigenvalue weighted by molar-refractivity contribution is 0.608. The van der Waals surface area contributed by atoms with Crippen molar-refractivity contribution in [2.45, 2.75) is 25.3 Å². The Bertz CT molecular complexity index is 323. The molecule has 1 saturated carbocycles. The molecule has 0 aromatic heterocycles. The van der Waals surface area contributed by atoms with Crippen molar-refractivity contribution in [2.75, 3.05) is 19.6 Å². The van der Waals surface area contributed by atoms with E-state index >= 15 is 0 Å². The van der Waals surface area contributed by atoms with Crippen molar-refractivity contribution in [2.24, 2.45) is 0 Å². The van der Waals surface area contributed by atoms with Gasteiger partial charge in [0, 0.05) is 23.6 Å². The summed E-state index contributed by atoms with van der Waals surface area (Å²) in [7, 11) is 0. The van der Waals surface area contributed by atoms with Crippen LogP contribution in [0.3, 0.4) is 0 Å². The molecule has 3 heteroatoms. The van der Waals surface area contributed by atoms with Gasteiger partial charge in [0.1, 0.15) is 0 Å². The smallest absolute Gasteiger partial charge is 0.0207 e. The number of halogens is 1. The molecular weight excluding hydrogens is 264 g/mol. The predicted octanol–water partition coefficient (Wildman–Crippen LogP) is 2.33. The van der Waals surface area contributed by atoms with E-state index in [1.54, 1.807) is 0 Å². The van der Waals surface area contributed by atoms with Crippen molar-refractivity contribution in [3.63, 3.8) is 0 Å². The van der Waals surface area contributed by atoms with Gasteiger partial charge in [0.2, 0.25) is 0 Å². The van der Waals surface area contributed by atoms with Crippen LogP contribution in [-0.4, -0.2) is 25.7 Å². The van der Waals surface area contributed by atoms with Gasteiger partial charge >= 0.3 is 0 Å². The van der Waals surface area contributed by atoms with Crippen LogP contribution in [0.5, 0.6) is 0 Å². The molecule has 0 bridgehead atoms. The average Bonchev–Trinajstić information content (AvgIpc) is 3.09. The van der Waals surface area contributed by atoms with E-state index in [1.807, 2.05) is 0 Å². The van der Waals surface area contributed by atoms with Crippen molar-refractivity contribution in [1.82, 2.24) is 10.6 Å². The fourth-order valence-corrected chi connectivity index (χ4v) is 2.18. The molecule has 0 atom stereocenters. The van der Waals surface area contributed by atoms with E-state index in [1.165, 1.54) is 22.9 Å². The Morgan fingerprint density at radius 3 is 2.69 bits per heavy atom. The number of benzene rings is 1. The Morgan fingerprint density at radius 1 is 1.12 bits per heavy atom. The number of nitrogens with one attached hydrogen (secondary N) is 2. The quantitative estimate of drug-likeness (QED) is 0.751. The monoisotopic (exact) mass is 282 g/mol. The summed E-state index contributed by atoms with van der Waals surface area (Å²) in [5.74, 6) is 0. The van der Waals surface area contributed by atoms with E-state index in [2.05, 4.69) is 50.8 Å². The summed E-state index contributed by atoms with van der Waals surface area (Å²) in [6.07, 6.45) is 3.83. The first-order valence-electron chi connectivity index (χ1n) is 6.04. The standard InChI is InChI=1S/C13H19BrN2/c14-13-4-2-1-3-11(13)7-8-15-9-10-16-12-5-6-12/h1-4,12,15-16H,5-10H2. The maximum absolute atomic E-state index is 3.57. The van der Waals surface area contributed by atoms with Crippen LogP contribution in [-0.2, 0) is 6.42 Å². The van der Waals surface area contributed by atoms with Crippen LogP contribution in [0.2, 0.25) is 0 Å². The molecule has 0 radical (unpaired) electrons. The molecule has 0 unspecified atom stereocenters. The Labute approximate surface area is 106 Å². The molecule has 16 heavy (non-hydrogen) atoms. The van der Waals surface area contributed by atoms with Crippen molar-refractivity contribution in [1.29, 1.82) is 0 Å². The van der Waals surface area contributed by atoms with Crippen molar-refractivity contribution < 1.29 is 0 Å². The van der Waals surface area contributed by atoms with Gasteiger partial charge in [-0.25, -0.2) is 0 Å². The Kier molecular flexibility index (Phi) is 4.82. The molecule has 0 aliphatic heterocycles. The molecule has 0 heterocycles. The molecule has 2 N–H and O–H groups in total. The van der Waals surface area contributed by atoms with Gasteiger partial charge in [0.25, 0.3) is 0 Å². The largest absolute Gasteiger partial charge is 0.315 e. The van der Waals surface area contributed by atoms with E-state index < -0.39 is 0 Å². The summed E-state index contributed by atoms with van der Waals surface area (Å²) >= 11 is 3.57. The lowest BCUT2D eigenvalue weighted by Gasteiger charge is -2.07. The summed E-state index contributed by atoms with van der Waals surface area (Å²) in [6.45, 7) is 3.22. The van der Waals surface area contributed by atoms with Gasteiger partial charge in [0.15, 0.2) is 0 Å². The third-order valence-corrected chi connectivity index (χ3v) is 3.61. The molecule has 1 aliphatic carbocycles. The first kappa shape index (κ1) is 12.1. The van der Waals surface area contributed by atoms with Crippen LogP contribution < -0.4 is 10.6 Å². The van der Waals surface area contributed by atoms with Gasteiger partial charge in [-0.3, -0.25) is 0 Å². The minimum atomic E-state index is 0.824. The minimum absolute atomic E-state index is 0.824. The van der Waals surface area contributed by atoms with Gasteiger partial charge in [-0.05, 0) is 37.4 Å². The number of hydrogen-bond acceptors (Lipinski definition) is 2. The molecule has 2 rings (SSSR count). The summed E-state index contributed by atoms with van der Waals surface area (Å²) in [5.41, 5.74) is 1.38.